The van der Waals surface area contributed by atoms with Gasteiger partial charge in [0.1, 0.15) is 17.9 Å². The standard InChI is InChI=1S/C27H29FN4O3/c1-18(2)20-5-3-4-6-21(20)22-13-19(28)7-8-23(22)35-24-14-29-17-30-25(24)31-11-9-27(15-31)10-12-32(16-27)26(33)34/h3-8,13-14,17-18H,9-12,15-16H2,1-2H3,(H,33,34). The summed E-state index contributed by atoms with van der Waals surface area (Å²) >= 11 is 0. The number of ether oxygens (including phenoxy) is 1. The fourth-order valence-electron chi connectivity index (χ4n) is 5.33. The third-order valence-corrected chi connectivity index (χ3v) is 7.14. The number of anilines is 1. The quantitative estimate of drug-likeness (QED) is 0.503. The van der Waals surface area contributed by atoms with Crippen LogP contribution < -0.4 is 9.64 Å². The number of carboxylic acid groups (broad SMARTS) is 1. The van der Waals surface area contributed by atoms with Crippen LogP contribution in [0.5, 0.6) is 11.5 Å². The Hall–Kier alpha value is -3.68. The van der Waals surface area contributed by atoms with Crippen LogP contribution in [0.3, 0.4) is 0 Å². The normalized spacial score (nSPS) is 19.7. The number of likely N-dealkylation sites (tertiary alicyclic amines) is 1. The van der Waals surface area contributed by atoms with Crippen LogP contribution in [0.4, 0.5) is 15.0 Å². The molecule has 0 aliphatic carbocycles. The first kappa shape index (κ1) is 23.1. The molecule has 1 aromatic heterocycles. The molecular formula is C27H29FN4O3. The Kier molecular flexibility index (Phi) is 6.05. The van der Waals surface area contributed by atoms with Gasteiger partial charge in [0.25, 0.3) is 0 Å². The van der Waals surface area contributed by atoms with Crippen LogP contribution in [0, 0.1) is 11.2 Å². The van der Waals surface area contributed by atoms with Crippen molar-refractivity contribution in [3.8, 4) is 22.6 Å². The minimum absolute atomic E-state index is 0.0716. The van der Waals surface area contributed by atoms with Crippen molar-refractivity contribution >= 4 is 11.9 Å². The fourth-order valence-corrected chi connectivity index (χ4v) is 5.33. The van der Waals surface area contributed by atoms with Gasteiger partial charge >= 0.3 is 6.09 Å². The van der Waals surface area contributed by atoms with Crippen molar-refractivity contribution in [1.29, 1.82) is 0 Å². The Balaban J connectivity index is 1.46. The fraction of sp³-hybridized carbons (Fsp3) is 0.370. The summed E-state index contributed by atoms with van der Waals surface area (Å²) in [6.45, 7) is 6.78. The van der Waals surface area contributed by atoms with Crippen molar-refractivity contribution < 1.29 is 19.0 Å². The molecule has 2 saturated heterocycles. The van der Waals surface area contributed by atoms with Gasteiger partial charge in [0.2, 0.25) is 0 Å². The molecule has 0 radical (unpaired) electrons. The summed E-state index contributed by atoms with van der Waals surface area (Å²) in [7, 11) is 0. The largest absolute Gasteiger partial charge is 0.465 e. The third kappa shape index (κ3) is 4.52. The van der Waals surface area contributed by atoms with Crippen molar-refractivity contribution in [1.82, 2.24) is 14.9 Å². The van der Waals surface area contributed by atoms with Crippen molar-refractivity contribution in [3.05, 3.63) is 66.4 Å². The molecule has 1 amide bonds. The highest BCUT2D eigenvalue weighted by Crippen LogP contribution is 2.44. The number of rotatable bonds is 5. The van der Waals surface area contributed by atoms with Crippen molar-refractivity contribution in [2.45, 2.75) is 32.6 Å². The molecular weight excluding hydrogens is 447 g/mol. The SMILES string of the molecule is CC(C)c1ccccc1-c1cc(F)ccc1Oc1cncnc1N1CCC2(CCN(C(=O)O)C2)C1. The van der Waals surface area contributed by atoms with Crippen LogP contribution in [-0.2, 0) is 0 Å². The van der Waals surface area contributed by atoms with Gasteiger partial charge < -0.3 is 19.6 Å². The molecule has 3 heterocycles. The molecule has 0 saturated carbocycles. The molecule has 3 aromatic rings. The average Bonchev–Trinajstić information content (AvgIpc) is 3.47. The number of amides is 1. The van der Waals surface area contributed by atoms with E-state index in [1.807, 2.05) is 18.2 Å². The van der Waals surface area contributed by atoms with Gasteiger partial charge in [0, 0.05) is 37.2 Å². The zero-order chi connectivity index (χ0) is 24.6. The van der Waals surface area contributed by atoms with Crippen LogP contribution in [0.15, 0.2) is 55.0 Å². The van der Waals surface area contributed by atoms with E-state index in [1.54, 1.807) is 12.3 Å². The zero-order valence-electron chi connectivity index (χ0n) is 19.9. The van der Waals surface area contributed by atoms with Crippen LogP contribution in [0.25, 0.3) is 11.1 Å². The minimum atomic E-state index is -0.864. The monoisotopic (exact) mass is 476 g/mol. The van der Waals surface area contributed by atoms with E-state index in [0.29, 0.717) is 42.5 Å². The summed E-state index contributed by atoms with van der Waals surface area (Å²) in [5.41, 5.74) is 2.64. The maximum absolute atomic E-state index is 14.4. The highest BCUT2D eigenvalue weighted by molar-refractivity contribution is 5.75. The Morgan fingerprint density at radius 3 is 2.66 bits per heavy atom. The Morgan fingerprint density at radius 1 is 1.09 bits per heavy atom. The second kappa shape index (κ2) is 9.17. The number of nitrogens with zero attached hydrogens (tertiary/aromatic N) is 4. The molecule has 35 heavy (non-hydrogen) atoms. The first-order chi connectivity index (χ1) is 16.8. The second-order valence-corrected chi connectivity index (χ2v) is 9.82. The zero-order valence-corrected chi connectivity index (χ0v) is 19.9. The summed E-state index contributed by atoms with van der Waals surface area (Å²) in [4.78, 5) is 23.8. The highest BCUT2D eigenvalue weighted by Gasteiger charge is 2.45. The first-order valence-electron chi connectivity index (χ1n) is 11.9. The van der Waals surface area contributed by atoms with Gasteiger partial charge in [-0.2, -0.15) is 0 Å². The number of halogens is 1. The second-order valence-electron chi connectivity index (χ2n) is 9.82. The van der Waals surface area contributed by atoms with Gasteiger partial charge in [-0.15, -0.1) is 0 Å². The van der Waals surface area contributed by atoms with Crippen molar-refractivity contribution in [2.24, 2.45) is 5.41 Å². The lowest BCUT2D eigenvalue weighted by Gasteiger charge is -2.25. The summed E-state index contributed by atoms with van der Waals surface area (Å²) in [5.74, 6) is 1.62. The van der Waals surface area contributed by atoms with E-state index in [4.69, 9.17) is 4.74 Å². The lowest BCUT2D eigenvalue weighted by atomic mass is 9.86. The van der Waals surface area contributed by atoms with Gasteiger partial charge in [0.05, 0.1) is 6.20 Å². The Labute approximate surface area is 204 Å². The predicted molar refractivity (Wildman–Crippen MR) is 132 cm³/mol. The van der Waals surface area contributed by atoms with E-state index in [1.165, 1.54) is 23.4 Å². The smallest absolute Gasteiger partial charge is 0.407 e. The van der Waals surface area contributed by atoms with Gasteiger partial charge in [-0.25, -0.2) is 19.2 Å². The summed E-state index contributed by atoms with van der Waals surface area (Å²) in [6, 6.07) is 12.5. The number of benzene rings is 2. The van der Waals surface area contributed by atoms with E-state index in [2.05, 4.69) is 34.8 Å². The summed E-state index contributed by atoms with van der Waals surface area (Å²) in [5, 5.41) is 9.39. The predicted octanol–water partition coefficient (Wildman–Crippen LogP) is 5.78. The van der Waals surface area contributed by atoms with Crippen LogP contribution in [-0.4, -0.2) is 52.2 Å². The van der Waals surface area contributed by atoms with Gasteiger partial charge in [-0.1, -0.05) is 38.1 Å². The number of carbonyl (C=O) groups is 1. The molecule has 1 spiro atoms. The van der Waals surface area contributed by atoms with Crippen molar-refractivity contribution in [3.63, 3.8) is 0 Å². The lowest BCUT2D eigenvalue weighted by molar-refractivity contribution is 0.150. The molecule has 2 aliphatic rings. The minimum Gasteiger partial charge on any atom is -0.465 e. The average molecular weight is 477 g/mol. The van der Waals surface area contributed by atoms with E-state index in [9.17, 15) is 14.3 Å². The number of aromatic nitrogens is 2. The third-order valence-electron chi connectivity index (χ3n) is 7.14. The van der Waals surface area contributed by atoms with Gasteiger partial charge in [-0.3, -0.25) is 0 Å². The molecule has 0 bridgehead atoms. The molecule has 8 heteroatoms. The van der Waals surface area contributed by atoms with Crippen LogP contribution in [0.1, 0.15) is 38.2 Å². The highest BCUT2D eigenvalue weighted by atomic mass is 19.1. The number of hydrogen-bond acceptors (Lipinski definition) is 5. The molecule has 1 N–H and O–H groups in total. The van der Waals surface area contributed by atoms with E-state index in [-0.39, 0.29) is 17.2 Å². The summed E-state index contributed by atoms with van der Waals surface area (Å²) in [6.07, 6.45) is 3.99. The molecule has 2 aliphatic heterocycles. The molecule has 5 rings (SSSR count). The molecule has 1 atom stereocenters. The molecule has 1 unspecified atom stereocenters. The first-order valence-corrected chi connectivity index (χ1v) is 11.9. The van der Waals surface area contributed by atoms with Gasteiger partial charge in [0.15, 0.2) is 11.6 Å². The Bertz CT molecular complexity index is 1250. The summed E-state index contributed by atoms with van der Waals surface area (Å²) < 4.78 is 20.7. The number of hydrogen-bond donors (Lipinski definition) is 1. The van der Waals surface area contributed by atoms with Crippen LogP contribution in [0.2, 0.25) is 0 Å². The maximum Gasteiger partial charge on any atom is 0.407 e. The van der Waals surface area contributed by atoms with E-state index in [0.717, 1.165) is 30.5 Å². The Morgan fingerprint density at radius 2 is 1.89 bits per heavy atom. The maximum atomic E-state index is 14.4. The molecule has 182 valence electrons. The molecule has 7 nitrogen and oxygen atoms in total. The van der Waals surface area contributed by atoms with Gasteiger partial charge in [-0.05, 0) is 48.1 Å². The lowest BCUT2D eigenvalue weighted by Crippen LogP contribution is -2.33. The van der Waals surface area contributed by atoms with E-state index < -0.39 is 6.09 Å². The molecule has 2 aromatic carbocycles. The topological polar surface area (TPSA) is 78.8 Å². The van der Waals surface area contributed by atoms with Crippen molar-refractivity contribution in [2.75, 3.05) is 31.1 Å². The molecule has 2 fully saturated rings. The van der Waals surface area contributed by atoms with Crippen LogP contribution >= 0.6 is 0 Å². The van der Waals surface area contributed by atoms with E-state index >= 15 is 0 Å².